The minimum absolute atomic E-state index is 0.258. The van der Waals surface area contributed by atoms with E-state index in [4.69, 9.17) is 16.0 Å². The SMILES string of the molecule is O=C(Nc1ccc2oc(Cc3ccccc3)nc2c1)c1cc(I)ccc1Cl. The molecule has 0 aliphatic carbocycles. The summed E-state index contributed by atoms with van der Waals surface area (Å²) >= 11 is 8.29. The van der Waals surface area contributed by atoms with Crippen molar-refractivity contribution in [3.63, 3.8) is 0 Å². The Kier molecular flexibility index (Phi) is 5.13. The second-order valence-electron chi connectivity index (χ2n) is 6.03. The predicted octanol–water partition coefficient (Wildman–Crippen LogP) is 5.93. The highest BCUT2D eigenvalue weighted by atomic mass is 127. The molecule has 0 fully saturated rings. The molecule has 27 heavy (non-hydrogen) atoms. The number of hydrogen-bond donors (Lipinski definition) is 1. The van der Waals surface area contributed by atoms with Gasteiger partial charge in [-0.1, -0.05) is 41.9 Å². The van der Waals surface area contributed by atoms with Crippen molar-refractivity contribution in [3.05, 3.63) is 92.3 Å². The van der Waals surface area contributed by atoms with E-state index in [1.165, 1.54) is 0 Å². The van der Waals surface area contributed by atoms with E-state index >= 15 is 0 Å². The molecule has 0 bridgehead atoms. The van der Waals surface area contributed by atoms with Gasteiger partial charge in [0.2, 0.25) is 0 Å². The Morgan fingerprint density at radius 2 is 1.89 bits per heavy atom. The number of hydrogen-bond acceptors (Lipinski definition) is 3. The second kappa shape index (κ2) is 7.70. The molecule has 1 heterocycles. The molecule has 0 atom stereocenters. The van der Waals surface area contributed by atoms with Gasteiger partial charge < -0.3 is 9.73 Å². The van der Waals surface area contributed by atoms with Gasteiger partial charge in [0, 0.05) is 15.7 Å². The molecule has 4 rings (SSSR count). The Hall–Kier alpha value is -2.38. The van der Waals surface area contributed by atoms with Crippen molar-refractivity contribution in [2.75, 3.05) is 5.32 Å². The quantitative estimate of drug-likeness (QED) is 0.362. The number of nitrogens with zero attached hydrogens (tertiary/aromatic N) is 1. The summed E-state index contributed by atoms with van der Waals surface area (Å²) in [7, 11) is 0. The fourth-order valence-corrected chi connectivity index (χ4v) is 3.46. The van der Waals surface area contributed by atoms with Gasteiger partial charge in [0.15, 0.2) is 11.5 Å². The number of carbonyl (C=O) groups is 1. The summed E-state index contributed by atoms with van der Waals surface area (Å²) < 4.78 is 6.75. The highest BCUT2D eigenvalue weighted by Gasteiger charge is 2.13. The van der Waals surface area contributed by atoms with Gasteiger partial charge in [-0.05, 0) is 64.6 Å². The number of amides is 1. The number of nitrogens with one attached hydrogen (secondary N) is 1. The lowest BCUT2D eigenvalue weighted by atomic mass is 10.1. The average Bonchev–Trinajstić information content (AvgIpc) is 3.06. The summed E-state index contributed by atoms with van der Waals surface area (Å²) in [5.74, 6) is 0.381. The zero-order chi connectivity index (χ0) is 18.8. The highest BCUT2D eigenvalue weighted by Crippen LogP contribution is 2.24. The Labute approximate surface area is 174 Å². The van der Waals surface area contributed by atoms with Crippen LogP contribution >= 0.6 is 34.2 Å². The molecule has 0 radical (unpaired) electrons. The third kappa shape index (κ3) is 4.14. The van der Waals surface area contributed by atoms with E-state index < -0.39 is 0 Å². The molecule has 0 saturated carbocycles. The van der Waals surface area contributed by atoms with Crippen molar-refractivity contribution in [1.29, 1.82) is 0 Å². The standard InChI is InChI=1S/C21H14ClIN2O2/c22-17-8-6-14(23)11-16(17)21(26)24-15-7-9-19-18(12-15)25-20(27-19)10-13-4-2-1-3-5-13/h1-9,11-12H,10H2,(H,24,26). The number of oxazole rings is 1. The smallest absolute Gasteiger partial charge is 0.257 e. The number of fused-ring (bicyclic) bond motifs is 1. The topological polar surface area (TPSA) is 55.1 Å². The van der Waals surface area contributed by atoms with Crippen molar-refractivity contribution in [1.82, 2.24) is 4.98 Å². The van der Waals surface area contributed by atoms with Crippen molar-refractivity contribution in [2.24, 2.45) is 0 Å². The Bertz CT molecular complexity index is 1130. The molecule has 0 unspecified atom stereocenters. The fourth-order valence-electron chi connectivity index (χ4n) is 2.77. The van der Waals surface area contributed by atoms with Gasteiger partial charge in [0.05, 0.1) is 10.6 Å². The third-order valence-electron chi connectivity index (χ3n) is 4.06. The molecule has 0 aliphatic heterocycles. The second-order valence-corrected chi connectivity index (χ2v) is 7.68. The number of carbonyl (C=O) groups excluding carboxylic acids is 1. The maximum Gasteiger partial charge on any atom is 0.257 e. The van der Waals surface area contributed by atoms with Gasteiger partial charge in [0.25, 0.3) is 5.91 Å². The van der Waals surface area contributed by atoms with Gasteiger partial charge in [-0.3, -0.25) is 4.79 Å². The first-order chi connectivity index (χ1) is 13.1. The first kappa shape index (κ1) is 18.0. The van der Waals surface area contributed by atoms with Gasteiger partial charge in [0.1, 0.15) is 5.52 Å². The molecule has 1 amide bonds. The molecule has 4 nitrogen and oxygen atoms in total. The van der Waals surface area contributed by atoms with Crippen LogP contribution in [0.5, 0.6) is 0 Å². The van der Waals surface area contributed by atoms with Gasteiger partial charge in [-0.15, -0.1) is 0 Å². The Balaban J connectivity index is 1.56. The molecule has 134 valence electrons. The third-order valence-corrected chi connectivity index (χ3v) is 5.06. The van der Waals surface area contributed by atoms with Crippen molar-refractivity contribution >= 4 is 56.9 Å². The molecule has 3 aromatic carbocycles. The monoisotopic (exact) mass is 488 g/mol. The highest BCUT2D eigenvalue weighted by molar-refractivity contribution is 14.1. The molecule has 6 heteroatoms. The van der Waals surface area contributed by atoms with Crippen molar-refractivity contribution in [3.8, 4) is 0 Å². The normalized spacial score (nSPS) is 10.9. The minimum atomic E-state index is -0.258. The van der Waals surface area contributed by atoms with Crippen LogP contribution < -0.4 is 5.32 Å². The number of benzene rings is 3. The maximum atomic E-state index is 12.5. The molecule has 0 spiro atoms. The lowest BCUT2D eigenvalue weighted by Gasteiger charge is -2.07. The summed E-state index contributed by atoms with van der Waals surface area (Å²) in [5, 5.41) is 3.29. The van der Waals surface area contributed by atoms with Crippen molar-refractivity contribution in [2.45, 2.75) is 6.42 Å². The van der Waals surface area contributed by atoms with E-state index in [-0.39, 0.29) is 5.91 Å². The van der Waals surface area contributed by atoms with E-state index in [2.05, 4.69) is 32.9 Å². The number of rotatable bonds is 4. The summed E-state index contributed by atoms with van der Waals surface area (Å²) in [6.45, 7) is 0. The van der Waals surface area contributed by atoms with E-state index in [0.717, 1.165) is 9.13 Å². The zero-order valence-electron chi connectivity index (χ0n) is 14.1. The lowest BCUT2D eigenvalue weighted by Crippen LogP contribution is -2.12. The summed E-state index contributed by atoms with van der Waals surface area (Å²) in [5.41, 5.74) is 3.60. The minimum Gasteiger partial charge on any atom is -0.440 e. The van der Waals surface area contributed by atoms with Crippen molar-refractivity contribution < 1.29 is 9.21 Å². The van der Waals surface area contributed by atoms with Gasteiger partial charge in [-0.25, -0.2) is 4.98 Å². The number of aromatic nitrogens is 1. The van der Waals surface area contributed by atoms with Crippen LogP contribution in [0.25, 0.3) is 11.1 Å². The fraction of sp³-hybridized carbons (Fsp3) is 0.0476. The average molecular weight is 489 g/mol. The predicted molar refractivity (Wildman–Crippen MR) is 115 cm³/mol. The van der Waals surface area contributed by atoms with Crippen LogP contribution in [-0.4, -0.2) is 10.9 Å². The van der Waals surface area contributed by atoms with Crippen LogP contribution in [0.15, 0.2) is 71.1 Å². The molecule has 4 aromatic rings. The lowest BCUT2D eigenvalue weighted by molar-refractivity contribution is 0.102. The van der Waals surface area contributed by atoms with Crippen LogP contribution in [0.4, 0.5) is 5.69 Å². The van der Waals surface area contributed by atoms with E-state index in [9.17, 15) is 4.79 Å². The first-order valence-corrected chi connectivity index (χ1v) is 9.74. The van der Waals surface area contributed by atoms with Crippen LogP contribution in [-0.2, 0) is 6.42 Å². The molecular formula is C21H14ClIN2O2. The molecular weight excluding hydrogens is 475 g/mol. The summed E-state index contributed by atoms with van der Waals surface area (Å²) in [4.78, 5) is 17.1. The molecule has 0 saturated heterocycles. The molecule has 0 aliphatic rings. The van der Waals surface area contributed by atoms with Crippen LogP contribution in [0.3, 0.4) is 0 Å². The zero-order valence-corrected chi connectivity index (χ0v) is 17.0. The Morgan fingerprint density at radius 1 is 1.07 bits per heavy atom. The number of anilines is 1. The maximum absolute atomic E-state index is 12.5. The van der Waals surface area contributed by atoms with Crippen LogP contribution in [0.1, 0.15) is 21.8 Å². The van der Waals surface area contributed by atoms with Crippen LogP contribution in [0.2, 0.25) is 5.02 Å². The van der Waals surface area contributed by atoms with Crippen LogP contribution in [0, 0.1) is 3.57 Å². The van der Waals surface area contributed by atoms with E-state index in [1.807, 2.05) is 42.5 Å². The van der Waals surface area contributed by atoms with Gasteiger partial charge >= 0.3 is 0 Å². The van der Waals surface area contributed by atoms with E-state index in [0.29, 0.717) is 39.7 Å². The molecule has 1 aromatic heterocycles. The largest absolute Gasteiger partial charge is 0.440 e. The summed E-state index contributed by atoms with van der Waals surface area (Å²) in [6, 6.07) is 20.7. The number of halogens is 2. The molecule has 1 N–H and O–H groups in total. The van der Waals surface area contributed by atoms with Gasteiger partial charge in [-0.2, -0.15) is 0 Å². The first-order valence-electron chi connectivity index (χ1n) is 8.28. The Morgan fingerprint density at radius 3 is 2.70 bits per heavy atom. The van der Waals surface area contributed by atoms with E-state index in [1.54, 1.807) is 24.3 Å². The summed E-state index contributed by atoms with van der Waals surface area (Å²) in [6.07, 6.45) is 0.620.